The van der Waals surface area contributed by atoms with Crippen LogP contribution in [0.3, 0.4) is 0 Å². The zero-order valence-corrected chi connectivity index (χ0v) is 15.5. The van der Waals surface area contributed by atoms with Crippen LogP contribution in [0.15, 0.2) is 78.9 Å². The maximum absolute atomic E-state index is 13.5. The summed E-state index contributed by atoms with van der Waals surface area (Å²) < 4.78 is 0. The minimum absolute atomic E-state index is 0.0104. The van der Waals surface area contributed by atoms with Gasteiger partial charge in [-0.3, -0.25) is 4.79 Å². The van der Waals surface area contributed by atoms with Crippen molar-refractivity contribution in [3.63, 3.8) is 0 Å². The first-order valence-corrected chi connectivity index (χ1v) is 9.71. The fraction of sp³-hybridized carbons (Fsp3) is 0.167. The Balaban J connectivity index is 1.51. The minimum atomic E-state index is -0.0104. The second-order valence-electron chi connectivity index (χ2n) is 7.21. The number of likely N-dealkylation sites (tertiary alicyclic amines) is 1. The van der Waals surface area contributed by atoms with E-state index in [2.05, 4.69) is 4.98 Å². The number of carbonyl (C=O) groups is 1. The zero-order chi connectivity index (χ0) is 18.9. The van der Waals surface area contributed by atoms with E-state index >= 15 is 0 Å². The Hall–Kier alpha value is -3.40. The smallest absolute Gasteiger partial charge is 0.255 e. The Labute approximate surface area is 163 Å². The van der Waals surface area contributed by atoms with Crippen molar-refractivity contribution in [3.8, 4) is 11.1 Å². The van der Waals surface area contributed by atoms with Crippen LogP contribution in [0.2, 0.25) is 0 Å². The summed E-state index contributed by atoms with van der Waals surface area (Å²) in [4.78, 5) is 23.7. The van der Waals surface area contributed by atoms with Gasteiger partial charge in [-0.05, 0) is 42.2 Å². The molecule has 4 aromatic rings. The number of hydrogen-bond donors (Lipinski definition) is 1. The van der Waals surface area contributed by atoms with Gasteiger partial charge in [-0.15, -0.1) is 0 Å². The van der Waals surface area contributed by atoms with E-state index < -0.39 is 0 Å². The molecule has 1 aromatic heterocycles. The molecule has 4 heteroatoms. The van der Waals surface area contributed by atoms with Gasteiger partial charge in [0.15, 0.2) is 0 Å². The summed E-state index contributed by atoms with van der Waals surface area (Å²) in [5.41, 5.74) is 4.74. The standard InChI is InChI=1S/C24H21N3O/c28-24(19-12-5-4-11-18(19)17-9-2-1-3-10-17)27-16-8-15-22(27)23-25-20-13-6-7-14-21(20)26-23/h1-7,9-14,22H,8,15-16H2,(H,25,26). The van der Waals surface area contributed by atoms with Gasteiger partial charge >= 0.3 is 0 Å². The van der Waals surface area contributed by atoms with Crippen LogP contribution in [0.5, 0.6) is 0 Å². The molecule has 1 fully saturated rings. The Morgan fingerprint density at radius 3 is 2.54 bits per heavy atom. The number of benzene rings is 3. The number of H-pyrrole nitrogens is 1. The Bertz CT molecular complexity index is 1100. The molecule has 0 bridgehead atoms. The van der Waals surface area contributed by atoms with Crippen LogP contribution in [0, 0.1) is 0 Å². The van der Waals surface area contributed by atoms with Gasteiger partial charge in [0.25, 0.3) is 5.91 Å². The molecule has 1 amide bonds. The summed E-state index contributed by atoms with van der Waals surface area (Å²) in [5, 5.41) is 0. The number of hydrogen-bond acceptors (Lipinski definition) is 2. The van der Waals surface area contributed by atoms with Crippen LogP contribution >= 0.6 is 0 Å². The number of aromatic nitrogens is 2. The number of amides is 1. The Morgan fingerprint density at radius 2 is 1.68 bits per heavy atom. The summed E-state index contributed by atoms with van der Waals surface area (Å²) in [7, 11) is 0. The lowest BCUT2D eigenvalue weighted by molar-refractivity contribution is 0.0731. The third-order valence-corrected chi connectivity index (χ3v) is 5.48. The maximum atomic E-state index is 13.5. The maximum Gasteiger partial charge on any atom is 0.255 e. The highest BCUT2D eigenvalue weighted by Crippen LogP contribution is 2.34. The van der Waals surface area contributed by atoms with Crippen LogP contribution < -0.4 is 0 Å². The van der Waals surface area contributed by atoms with Gasteiger partial charge in [0.2, 0.25) is 0 Å². The minimum Gasteiger partial charge on any atom is -0.340 e. The molecule has 1 N–H and O–H groups in total. The molecule has 1 atom stereocenters. The van der Waals surface area contributed by atoms with Crippen molar-refractivity contribution >= 4 is 16.9 Å². The number of aromatic amines is 1. The third-order valence-electron chi connectivity index (χ3n) is 5.48. The normalized spacial score (nSPS) is 16.6. The Kier molecular flexibility index (Phi) is 4.17. The van der Waals surface area contributed by atoms with E-state index in [0.717, 1.165) is 52.9 Å². The van der Waals surface area contributed by atoms with Crippen molar-refractivity contribution in [1.82, 2.24) is 14.9 Å². The Morgan fingerprint density at radius 1 is 0.929 bits per heavy atom. The molecule has 0 aliphatic carbocycles. The monoisotopic (exact) mass is 367 g/mol. The molecule has 0 spiro atoms. The van der Waals surface area contributed by atoms with E-state index in [-0.39, 0.29) is 11.9 Å². The summed E-state index contributed by atoms with van der Waals surface area (Å²) in [6, 6.07) is 26.0. The number of fused-ring (bicyclic) bond motifs is 1. The number of carbonyl (C=O) groups excluding carboxylic acids is 1. The molecule has 1 unspecified atom stereocenters. The van der Waals surface area contributed by atoms with Crippen molar-refractivity contribution in [2.24, 2.45) is 0 Å². The highest BCUT2D eigenvalue weighted by molar-refractivity contribution is 6.01. The van der Waals surface area contributed by atoms with Gasteiger partial charge in [-0.25, -0.2) is 4.98 Å². The average molecular weight is 367 g/mol. The lowest BCUT2D eigenvalue weighted by Gasteiger charge is -2.24. The summed E-state index contributed by atoms with van der Waals surface area (Å²) in [6.07, 6.45) is 1.92. The summed E-state index contributed by atoms with van der Waals surface area (Å²) >= 11 is 0. The van der Waals surface area contributed by atoms with E-state index in [9.17, 15) is 4.79 Å². The summed E-state index contributed by atoms with van der Waals surface area (Å²) in [5.74, 6) is 0.951. The van der Waals surface area contributed by atoms with Crippen LogP contribution in [-0.2, 0) is 0 Å². The molecule has 28 heavy (non-hydrogen) atoms. The van der Waals surface area contributed by atoms with Gasteiger partial charge in [-0.2, -0.15) is 0 Å². The van der Waals surface area contributed by atoms with Gasteiger partial charge in [-0.1, -0.05) is 60.7 Å². The molecule has 0 radical (unpaired) electrons. The van der Waals surface area contributed by atoms with Crippen molar-refractivity contribution in [3.05, 3.63) is 90.3 Å². The molecular formula is C24H21N3O. The quantitative estimate of drug-likeness (QED) is 0.540. The molecule has 4 nitrogen and oxygen atoms in total. The van der Waals surface area contributed by atoms with Crippen molar-refractivity contribution in [2.45, 2.75) is 18.9 Å². The van der Waals surface area contributed by atoms with Crippen LogP contribution in [0.4, 0.5) is 0 Å². The first kappa shape index (κ1) is 16.8. The second kappa shape index (κ2) is 6.97. The second-order valence-corrected chi connectivity index (χ2v) is 7.21. The number of nitrogens with one attached hydrogen (secondary N) is 1. The van der Waals surface area contributed by atoms with Crippen LogP contribution in [0.25, 0.3) is 22.2 Å². The number of nitrogens with zero attached hydrogens (tertiary/aromatic N) is 2. The largest absolute Gasteiger partial charge is 0.340 e. The molecule has 1 aliphatic rings. The van der Waals surface area contributed by atoms with Gasteiger partial charge < -0.3 is 9.88 Å². The molecule has 5 rings (SSSR count). The molecule has 138 valence electrons. The summed E-state index contributed by atoms with van der Waals surface area (Å²) in [6.45, 7) is 0.754. The van der Waals surface area contributed by atoms with Gasteiger partial charge in [0.05, 0.1) is 17.1 Å². The van der Waals surface area contributed by atoms with Gasteiger partial charge in [0.1, 0.15) is 5.82 Å². The molecule has 0 saturated carbocycles. The molecule has 1 saturated heterocycles. The average Bonchev–Trinajstić information content (AvgIpc) is 3.40. The number of imidazole rings is 1. The van der Waals surface area contributed by atoms with E-state index in [0.29, 0.717) is 0 Å². The molecular weight excluding hydrogens is 346 g/mol. The fourth-order valence-corrected chi connectivity index (χ4v) is 4.12. The third kappa shape index (κ3) is 2.87. The SMILES string of the molecule is O=C(c1ccccc1-c1ccccc1)N1CCCC1c1nc2ccccc2[nH]1. The van der Waals surface area contributed by atoms with Crippen LogP contribution in [0.1, 0.15) is 35.1 Å². The number of rotatable bonds is 3. The highest BCUT2D eigenvalue weighted by atomic mass is 16.2. The van der Waals surface area contributed by atoms with Crippen molar-refractivity contribution in [2.75, 3.05) is 6.54 Å². The lowest BCUT2D eigenvalue weighted by Crippen LogP contribution is -2.31. The predicted octanol–water partition coefficient (Wildman–Crippen LogP) is 5.21. The first-order valence-electron chi connectivity index (χ1n) is 9.71. The van der Waals surface area contributed by atoms with E-state index in [1.165, 1.54) is 0 Å². The van der Waals surface area contributed by atoms with E-state index in [1.54, 1.807) is 0 Å². The van der Waals surface area contributed by atoms with Gasteiger partial charge in [0, 0.05) is 12.1 Å². The lowest BCUT2D eigenvalue weighted by atomic mass is 9.98. The van der Waals surface area contributed by atoms with Crippen molar-refractivity contribution in [1.29, 1.82) is 0 Å². The van der Waals surface area contributed by atoms with E-state index in [1.807, 2.05) is 83.8 Å². The first-order chi connectivity index (χ1) is 13.8. The highest BCUT2D eigenvalue weighted by Gasteiger charge is 2.33. The topological polar surface area (TPSA) is 49.0 Å². The molecule has 2 heterocycles. The van der Waals surface area contributed by atoms with Crippen molar-refractivity contribution < 1.29 is 4.79 Å². The zero-order valence-electron chi connectivity index (χ0n) is 15.5. The van der Waals surface area contributed by atoms with Crippen LogP contribution in [-0.4, -0.2) is 27.3 Å². The molecule has 3 aromatic carbocycles. The van der Waals surface area contributed by atoms with E-state index in [4.69, 9.17) is 4.98 Å². The fourth-order valence-electron chi connectivity index (χ4n) is 4.12. The number of para-hydroxylation sites is 2. The molecule has 1 aliphatic heterocycles. The predicted molar refractivity (Wildman–Crippen MR) is 111 cm³/mol.